The number of hydrogen-bond donors (Lipinski definition) is 1. The maximum atomic E-state index is 4.35. The Balaban J connectivity index is 1.52. The summed E-state index contributed by atoms with van der Waals surface area (Å²) in [5.41, 5.74) is 4.89. The molecule has 106 valence electrons. The largest absolute Gasteiger partial charge is 0.347 e. The van der Waals surface area contributed by atoms with Gasteiger partial charge in [-0.25, -0.2) is 9.67 Å². The predicted molar refractivity (Wildman–Crippen MR) is 80.0 cm³/mol. The Bertz CT molecular complexity index is 729. The third kappa shape index (κ3) is 2.48. The standard InChI is InChI=1S/C16H17N5/c1-3-13(9-14(4-1)21-7-2-6-19-21)10-20-8-5-15-16(11-20)18-12-17-15/h1-4,6-7,9,12H,5,8,10-11H2,(H,17,18). The van der Waals surface area contributed by atoms with Crippen molar-refractivity contribution in [3.05, 3.63) is 66.0 Å². The van der Waals surface area contributed by atoms with Gasteiger partial charge in [0.2, 0.25) is 0 Å². The molecule has 0 atom stereocenters. The van der Waals surface area contributed by atoms with Crippen molar-refractivity contribution < 1.29 is 0 Å². The molecule has 0 amide bonds. The van der Waals surface area contributed by atoms with Crippen molar-refractivity contribution in [2.45, 2.75) is 19.5 Å². The van der Waals surface area contributed by atoms with Crippen LogP contribution in [0.4, 0.5) is 0 Å². The van der Waals surface area contributed by atoms with E-state index in [1.165, 1.54) is 17.0 Å². The molecule has 4 rings (SSSR count). The number of nitrogens with zero attached hydrogens (tertiary/aromatic N) is 4. The van der Waals surface area contributed by atoms with Gasteiger partial charge in [0.15, 0.2) is 0 Å². The third-order valence-corrected chi connectivity index (χ3v) is 3.94. The number of imidazole rings is 1. The lowest BCUT2D eigenvalue weighted by atomic mass is 10.1. The van der Waals surface area contributed by atoms with Gasteiger partial charge in [-0.2, -0.15) is 5.10 Å². The van der Waals surface area contributed by atoms with E-state index in [9.17, 15) is 0 Å². The maximum absolute atomic E-state index is 4.35. The summed E-state index contributed by atoms with van der Waals surface area (Å²) in [4.78, 5) is 10.0. The van der Waals surface area contributed by atoms with Crippen molar-refractivity contribution in [2.75, 3.05) is 6.54 Å². The van der Waals surface area contributed by atoms with E-state index < -0.39 is 0 Å². The van der Waals surface area contributed by atoms with Crippen molar-refractivity contribution in [1.29, 1.82) is 0 Å². The molecule has 1 N–H and O–H groups in total. The van der Waals surface area contributed by atoms with Crippen LogP contribution in [0.15, 0.2) is 49.1 Å². The molecule has 0 bridgehead atoms. The highest BCUT2D eigenvalue weighted by Gasteiger charge is 2.18. The molecular formula is C16H17N5. The fourth-order valence-corrected chi connectivity index (χ4v) is 2.88. The smallest absolute Gasteiger partial charge is 0.0925 e. The quantitative estimate of drug-likeness (QED) is 0.799. The highest BCUT2D eigenvalue weighted by atomic mass is 15.3. The van der Waals surface area contributed by atoms with Crippen molar-refractivity contribution in [1.82, 2.24) is 24.6 Å². The number of nitrogens with one attached hydrogen (secondary N) is 1. The van der Waals surface area contributed by atoms with Gasteiger partial charge < -0.3 is 4.98 Å². The summed E-state index contributed by atoms with van der Waals surface area (Å²) < 4.78 is 1.90. The van der Waals surface area contributed by atoms with Gasteiger partial charge in [0.1, 0.15) is 0 Å². The molecule has 0 spiro atoms. The second-order valence-electron chi connectivity index (χ2n) is 5.41. The van der Waals surface area contributed by atoms with Crippen LogP contribution in [-0.4, -0.2) is 31.2 Å². The van der Waals surface area contributed by atoms with E-state index >= 15 is 0 Å². The lowest BCUT2D eigenvalue weighted by Gasteiger charge is -2.26. The molecule has 21 heavy (non-hydrogen) atoms. The predicted octanol–water partition coefficient (Wildman–Crippen LogP) is 2.15. The summed E-state index contributed by atoms with van der Waals surface area (Å²) in [7, 11) is 0. The first-order valence-corrected chi connectivity index (χ1v) is 7.21. The Morgan fingerprint density at radius 3 is 3.14 bits per heavy atom. The number of hydrogen-bond acceptors (Lipinski definition) is 3. The molecule has 5 heteroatoms. The van der Waals surface area contributed by atoms with E-state index in [0.29, 0.717) is 0 Å². The van der Waals surface area contributed by atoms with Crippen LogP contribution in [-0.2, 0) is 19.5 Å². The van der Waals surface area contributed by atoms with E-state index in [-0.39, 0.29) is 0 Å². The molecule has 2 aromatic heterocycles. The fraction of sp³-hybridized carbons (Fsp3) is 0.250. The molecule has 1 aromatic carbocycles. The normalized spacial score (nSPS) is 15.0. The molecule has 0 unspecified atom stereocenters. The van der Waals surface area contributed by atoms with Crippen LogP contribution in [0.2, 0.25) is 0 Å². The Morgan fingerprint density at radius 1 is 1.24 bits per heavy atom. The molecular weight excluding hydrogens is 262 g/mol. The van der Waals surface area contributed by atoms with Gasteiger partial charge in [0.05, 0.1) is 23.4 Å². The van der Waals surface area contributed by atoms with Gasteiger partial charge in [0, 0.05) is 38.4 Å². The zero-order chi connectivity index (χ0) is 14.1. The summed E-state index contributed by atoms with van der Waals surface area (Å²) in [6.07, 6.45) is 6.60. The van der Waals surface area contributed by atoms with Crippen LogP contribution in [0, 0.1) is 0 Å². The molecule has 3 heterocycles. The third-order valence-electron chi connectivity index (χ3n) is 3.94. The molecule has 0 radical (unpaired) electrons. The summed E-state index contributed by atoms with van der Waals surface area (Å²) in [6, 6.07) is 10.5. The summed E-state index contributed by atoms with van der Waals surface area (Å²) >= 11 is 0. The number of H-pyrrole nitrogens is 1. The Hall–Kier alpha value is -2.40. The first kappa shape index (κ1) is 12.3. The summed E-state index contributed by atoms with van der Waals surface area (Å²) in [5, 5.41) is 4.29. The number of benzene rings is 1. The van der Waals surface area contributed by atoms with Gasteiger partial charge in [0.25, 0.3) is 0 Å². The first-order valence-electron chi connectivity index (χ1n) is 7.21. The second kappa shape index (κ2) is 5.18. The lowest BCUT2D eigenvalue weighted by molar-refractivity contribution is 0.241. The van der Waals surface area contributed by atoms with Crippen LogP contribution in [0.3, 0.4) is 0 Å². The van der Waals surface area contributed by atoms with Crippen LogP contribution in [0.5, 0.6) is 0 Å². The molecule has 5 nitrogen and oxygen atoms in total. The van der Waals surface area contributed by atoms with Crippen molar-refractivity contribution >= 4 is 0 Å². The zero-order valence-corrected chi connectivity index (χ0v) is 11.7. The SMILES string of the molecule is c1cc(CN2CCc3nc[nH]c3C2)cc(-n2cccn2)c1. The van der Waals surface area contributed by atoms with Gasteiger partial charge in [-0.1, -0.05) is 12.1 Å². The van der Waals surface area contributed by atoms with Gasteiger partial charge >= 0.3 is 0 Å². The molecule has 1 aliphatic rings. The Morgan fingerprint density at radius 2 is 2.24 bits per heavy atom. The average molecular weight is 279 g/mol. The topological polar surface area (TPSA) is 49.7 Å². The van der Waals surface area contributed by atoms with Gasteiger partial charge in [-0.3, -0.25) is 4.90 Å². The maximum Gasteiger partial charge on any atom is 0.0925 e. The van der Waals surface area contributed by atoms with E-state index in [2.05, 4.69) is 44.2 Å². The van der Waals surface area contributed by atoms with Crippen LogP contribution < -0.4 is 0 Å². The number of rotatable bonds is 3. The van der Waals surface area contributed by atoms with Crippen LogP contribution in [0.25, 0.3) is 5.69 Å². The number of fused-ring (bicyclic) bond motifs is 1. The van der Waals surface area contributed by atoms with Crippen LogP contribution in [0.1, 0.15) is 17.0 Å². The minimum Gasteiger partial charge on any atom is -0.347 e. The van der Waals surface area contributed by atoms with E-state index in [1.807, 2.05) is 16.9 Å². The molecule has 3 aromatic rings. The van der Waals surface area contributed by atoms with Gasteiger partial charge in [-0.05, 0) is 23.8 Å². The minimum atomic E-state index is 0.946. The zero-order valence-electron chi connectivity index (χ0n) is 11.7. The van der Waals surface area contributed by atoms with E-state index in [1.54, 1.807) is 12.5 Å². The average Bonchev–Trinajstić information content (AvgIpc) is 3.18. The number of aromatic amines is 1. The van der Waals surface area contributed by atoms with E-state index in [0.717, 1.165) is 31.7 Å². The van der Waals surface area contributed by atoms with Crippen molar-refractivity contribution in [2.24, 2.45) is 0 Å². The van der Waals surface area contributed by atoms with Crippen LogP contribution >= 0.6 is 0 Å². The highest BCUT2D eigenvalue weighted by Crippen LogP contribution is 2.18. The Kier molecular flexibility index (Phi) is 3.05. The van der Waals surface area contributed by atoms with Crippen molar-refractivity contribution in [3.63, 3.8) is 0 Å². The van der Waals surface area contributed by atoms with Gasteiger partial charge in [-0.15, -0.1) is 0 Å². The monoisotopic (exact) mass is 279 g/mol. The summed E-state index contributed by atoms with van der Waals surface area (Å²) in [5.74, 6) is 0. The van der Waals surface area contributed by atoms with Crippen molar-refractivity contribution in [3.8, 4) is 5.69 Å². The molecule has 0 fully saturated rings. The Labute approximate surface area is 123 Å². The second-order valence-corrected chi connectivity index (χ2v) is 5.41. The number of aromatic nitrogens is 4. The molecule has 0 saturated carbocycles. The molecule has 1 aliphatic heterocycles. The minimum absolute atomic E-state index is 0.946. The molecule has 0 saturated heterocycles. The highest BCUT2D eigenvalue weighted by molar-refractivity contribution is 5.35. The molecule has 0 aliphatic carbocycles. The fourth-order valence-electron chi connectivity index (χ4n) is 2.88. The lowest BCUT2D eigenvalue weighted by Crippen LogP contribution is -2.30. The first-order chi connectivity index (χ1) is 10.4. The van der Waals surface area contributed by atoms with E-state index in [4.69, 9.17) is 0 Å². The summed E-state index contributed by atoms with van der Waals surface area (Å²) in [6.45, 7) is 2.96.